The van der Waals surface area contributed by atoms with Crippen LogP contribution in [0.5, 0.6) is 0 Å². The average Bonchev–Trinajstić information content (AvgIpc) is 2.49. The number of anilines is 1. The molecule has 1 amide bonds. The van der Waals surface area contributed by atoms with Gasteiger partial charge in [0.2, 0.25) is 5.91 Å². The third-order valence-corrected chi connectivity index (χ3v) is 4.39. The third-order valence-electron chi connectivity index (χ3n) is 4.02. The monoisotopic (exact) mass is 299 g/mol. The maximum absolute atomic E-state index is 12.7. The number of hydrogen-bond acceptors (Lipinski definition) is 1. The lowest BCUT2D eigenvalue weighted by molar-refractivity contribution is -0.118. The predicted octanol–water partition coefficient (Wildman–Crippen LogP) is 4.17. The summed E-state index contributed by atoms with van der Waals surface area (Å²) in [5, 5.41) is 0.660. The minimum absolute atomic E-state index is 0.123. The van der Waals surface area contributed by atoms with Gasteiger partial charge in [-0.1, -0.05) is 48.0 Å². The summed E-state index contributed by atoms with van der Waals surface area (Å²) in [6.07, 6.45) is 2.42. The second-order valence-corrected chi connectivity index (χ2v) is 5.91. The lowest BCUT2D eigenvalue weighted by Crippen LogP contribution is -2.37. The summed E-state index contributed by atoms with van der Waals surface area (Å²) in [6, 6.07) is 13.8. The minimum atomic E-state index is 0.123. The van der Waals surface area contributed by atoms with Crippen LogP contribution in [0.4, 0.5) is 5.69 Å². The molecule has 0 aliphatic carbocycles. The minimum Gasteiger partial charge on any atom is -0.312 e. The van der Waals surface area contributed by atoms with Crippen molar-refractivity contribution < 1.29 is 4.79 Å². The largest absolute Gasteiger partial charge is 0.312 e. The van der Waals surface area contributed by atoms with Crippen LogP contribution >= 0.6 is 11.6 Å². The van der Waals surface area contributed by atoms with Crippen molar-refractivity contribution >= 4 is 23.2 Å². The van der Waals surface area contributed by atoms with Crippen molar-refractivity contribution in [3.8, 4) is 0 Å². The number of aryl methyl sites for hydroxylation is 2. The highest BCUT2D eigenvalue weighted by atomic mass is 35.5. The van der Waals surface area contributed by atoms with Crippen LogP contribution in [0, 0.1) is 6.92 Å². The zero-order valence-corrected chi connectivity index (χ0v) is 12.9. The van der Waals surface area contributed by atoms with Crippen LogP contribution in [0.1, 0.15) is 23.1 Å². The van der Waals surface area contributed by atoms with Gasteiger partial charge < -0.3 is 4.90 Å². The summed E-state index contributed by atoms with van der Waals surface area (Å²) in [7, 11) is 0. The highest BCUT2D eigenvalue weighted by molar-refractivity contribution is 6.31. The molecule has 0 bridgehead atoms. The second-order valence-electron chi connectivity index (χ2n) is 5.50. The second kappa shape index (κ2) is 5.90. The van der Waals surface area contributed by atoms with Crippen LogP contribution < -0.4 is 4.90 Å². The number of hydrogen-bond donors (Lipinski definition) is 0. The van der Waals surface area contributed by atoms with E-state index in [-0.39, 0.29) is 5.91 Å². The van der Waals surface area contributed by atoms with E-state index in [2.05, 4.69) is 25.1 Å². The average molecular weight is 300 g/mol. The fourth-order valence-corrected chi connectivity index (χ4v) is 3.20. The molecule has 3 rings (SSSR count). The smallest absolute Gasteiger partial charge is 0.231 e. The van der Waals surface area contributed by atoms with Crippen molar-refractivity contribution in [2.24, 2.45) is 0 Å². The normalized spacial score (nSPS) is 13.9. The van der Waals surface area contributed by atoms with E-state index in [1.807, 2.05) is 29.2 Å². The summed E-state index contributed by atoms with van der Waals surface area (Å²) in [5.41, 5.74) is 4.43. The Morgan fingerprint density at radius 2 is 2.00 bits per heavy atom. The van der Waals surface area contributed by atoms with Crippen molar-refractivity contribution in [1.82, 2.24) is 0 Å². The Morgan fingerprint density at radius 1 is 1.19 bits per heavy atom. The first kappa shape index (κ1) is 14.2. The molecule has 21 heavy (non-hydrogen) atoms. The number of para-hydroxylation sites is 1. The Hall–Kier alpha value is -1.80. The van der Waals surface area contributed by atoms with Gasteiger partial charge in [0, 0.05) is 17.3 Å². The quantitative estimate of drug-likeness (QED) is 0.815. The van der Waals surface area contributed by atoms with Gasteiger partial charge in [-0.2, -0.15) is 0 Å². The maximum atomic E-state index is 12.7. The summed E-state index contributed by atoms with van der Waals surface area (Å²) >= 11 is 6.17. The van der Waals surface area contributed by atoms with Gasteiger partial charge in [0.05, 0.1) is 6.42 Å². The topological polar surface area (TPSA) is 20.3 Å². The lowest BCUT2D eigenvalue weighted by Gasteiger charge is -2.31. The number of halogens is 1. The van der Waals surface area contributed by atoms with Crippen molar-refractivity contribution in [3.05, 3.63) is 64.2 Å². The van der Waals surface area contributed by atoms with Crippen molar-refractivity contribution in [2.75, 3.05) is 11.4 Å². The lowest BCUT2D eigenvalue weighted by atomic mass is 9.97. The van der Waals surface area contributed by atoms with Crippen molar-refractivity contribution in [2.45, 2.75) is 26.2 Å². The van der Waals surface area contributed by atoms with Gasteiger partial charge in [-0.3, -0.25) is 4.79 Å². The molecule has 0 spiro atoms. The zero-order valence-electron chi connectivity index (χ0n) is 12.1. The Bertz CT molecular complexity index is 681. The number of fused-ring (bicyclic) bond motifs is 1. The van der Waals surface area contributed by atoms with E-state index in [0.717, 1.165) is 30.6 Å². The molecule has 2 nitrogen and oxygen atoms in total. The molecule has 1 aliphatic rings. The molecule has 0 saturated heterocycles. The number of amides is 1. The number of nitrogens with zero attached hydrogens (tertiary/aromatic N) is 1. The zero-order chi connectivity index (χ0) is 14.8. The van der Waals surface area contributed by atoms with Crippen LogP contribution in [0.3, 0.4) is 0 Å². The summed E-state index contributed by atoms with van der Waals surface area (Å²) < 4.78 is 0. The predicted molar refractivity (Wildman–Crippen MR) is 87.0 cm³/mol. The van der Waals surface area contributed by atoms with E-state index in [0.29, 0.717) is 11.4 Å². The van der Waals surface area contributed by atoms with Gasteiger partial charge in [0.1, 0.15) is 0 Å². The molecule has 0 saturated carbocycles. The van der Waals surface area contributed by atoms with Crippen molar-refractivity contribution in [3.63, 3.8) is 0 Å². The number of carbonyl (C=O) groups excluding carboxylic acids is 1. The first-order valence-corrected chi connectivity index (χ1v) is 7.67. The van der Waals surface area contributed by atoms with Crippen molar-refractivity contribution in [1.29, 1.82) is 0 Å². The fraction of sp³-hybridized carbons (Fsp3) is 0.278. The molecule has 108 valence electrons. The van der Waals surface area contributed by atoms with Gasteiger partial charge in [0.15, 0.2) is 0 Å². The number of benzene rings is 2. The Labute approximate surface area is 130 Å². The molecule has 2 aromatic rings. The molecule has 1 heterocycles. The third kappa shape index (κ3) is 2.81. The molecule has 0 radical (unpaired) electrons. The van der Waals surface area contributed by atoms with E-state index in [1.165, 1.54) is 11.1 Å². The molecule has 0 aromatic heterocycles. The van der Waals surface area contributed by atoms with Gasteiger partial charge in [-0.15, -0.1) is 0 Å². The van der Waals surface area contributed by atoms with E-state index in [4.69, 9.17) is 11.6 Å². The van der Waals surface area contributed by atoms with Crippen LogP contribution in [-0.2, 0) is 17.6 Å². The molecular weight excluding hydrogens is 282 g/mol. The highest BCUT2D eigenvalue weighted by Crippen LogP contribution is 2.31. The highest BCUT2D eigenvalue weighted by Gasteiger charge is 2.24. The molecule has 0 fully saturated rings. The van der Waals surface area contributed by atoms with Crippen LogP contribution in [0.25, 0.3) is 0 Å². The summed E-state index contributed by atoms with van der Waals surface area (Å²) in [5.74, 6) is 0.123. The van der Waals surface area contributed by atoms with E-state index in [1.54, 1.807) is 0 Å². The number of rotatable bonds is 2. The molecule has 0 unspecified atom stereocenters. The van der Waals surface area contributed by atoms with Crippen LogP contribution in [0.15, 0.2) is 42.5 Å². The first-order valence-electron chi connectivity index (χ1n) is 7.29. The fourth-order valence-electron chi connectivity index (χ4n) is 3.00. The van der Waals surface area contributed by atoms with Gasteiger partial charge in [0.25, 0.3) is 0 Å². The van der Waals surface area contributed by atoms with Crippen LogP contribution in [0.2, 0.25) is 5.02 Å². The molecule has 0 N–H and O–H groups in total. The maximum Gasteiger partial charge on any atom is 0.231 e. The summed E-state index contributed by atoms with van der Waals surface area (Å²) in [6.45, 7) is 2.86. The molecule has 0 atom stereocenters. The SMILES string of the molecule is Cc1cccc2c1N(C(=O)Cc1ccccc1Cl)CCC2. The van der Waals surface area contributed by atoms with E-state index >= 15 is 0 Å². The van der Waals surface area contributed by atoms with Gasteiger partial charge in [-0.25, -0.2) is 0 Å². The molecule has 1 aliphatic heterocycles. The Morgan fingerprint density at radius 3 is 2.81 bits per heavy atom. The Balaban J connectivity index is 1.89. The molecular formula is C18H18ClNO. The summed E-state index contributed by atoms with van der Waals surface area (Å²) in [4.78, 5) is 14.6. The van der Waals surface area contributed by atoms with E-state index < -0.39 is 0 Å². The molecule has 3 heteroatoms. The Kier molecular flexibility index (Phi) is 3.98. The van der Waals surface area contributed by atoms with Crippen LogP contribution in [-0.4, -0.2) is 12.5 Å². The first-order chi connectivity index (χ1) is 10.2. The van der Waals surface area contributed by atoms with Gasteiger partial charge >= 0.3 is 0 Å². The van der Waals surface area contributed by atoms with E-state index in [9.17, 15) is 4.79 Å². The molecule has 2 aromatic carbocycles. The standard InChI is InChI=1S/C18H18ClNO/c1-13-6-4-8-14-9-5-11-20(18(13)14)17(21)12-15-7-2-3-10-16(15)19/h2-4,6-8,10H,5,9,11-12H2,1H3. The van der Waals surface area contributed by atoms with Gasteiger partial charge in [-0.05, 0) is 42.5 Å². The number of carbonyl (C=O) groups is 1.